The molecule has 0 aliphatic heterocycles. The summed E-state index contributed by atoms with van der Waals surface area (Å²) in [6, 6.07) is 10.8. The minimum Gasteiger partial charge on any atom is -0.482 e. The normalized spacial score (nSPS) is 10.8. The standard InChI is InChI=1S/C26H24F3NO4/c1-14(2)34-23(31)13-33-22-10-15(3)24(29)25(16(22)4)30-26(32)20-12-18(8-9-21(20)28)17-6-5-7-19(27)11-17/h5-12,14H,13H2,1-4H3,(H,30,32). The highest BCUT2D eigenvalue weighted by Crippen LogP contribution is 2.32. The molecule has 5 nitrogen and oxygen atoms in total. The van der Waals surface area contributed by atoms with Gasteiger partial charge in [-0.05, 0) is 74.7 Å². The Kier molecular flexibility index (Phi) is 7.61. The molecule has 1 amide bonds. The van der Waals surface area contributed by atoms with Crippen LogP contribution in [0.25, 0.3) is 11.1 Å². The van der Waals surface area contributed by atoms with Gasteiger partial charge in [0.05, 0.1) is 17.4 Å². The summed E-state index contributed by atoms with van der Waals surface area (Å²) in [5.41, 5.74) is 0.701. The molecular formula is C26H24F3NO4. The molecule has 0 unspecified atom stereocenters. The van der Waals surface area contributed by atoms with E-state index in [9.17, 15) is 22.8 Å². The van der Waals surface area contributed by atoms with E-state index in [1.165, 1.54) is 50.2 Å². The Morgan fingerprint density at radius 1 is 0.971 bits per heavy atom. The zero-order chi connectivity index (χ0) is 25.0. The summed E-state index contributed by atoms with van der Waals surface area (Å²) in [5, 5.41) is 2.40. The van der Waals surface area contributed by atoms with Gasteiger partial charge in [-0.3, -0.25) is 4.79 Å². The van der Waals surface area contributed by atoms with E-state index in [0.29, 0.717) is 11.1 Å². The van der Waals surface area contributed by atoms with Crippen molar-refractivity contribution in [3.63, 3.8) is 0 Å². The molecule has 0 atom stereocenters. The van der Waals surface area contributed by atoms with Crippen molar-refractivity contribution in [2.24, 2.45) is 0 Å². The van der Waals surface area contributed by atoms with Crippen molar-refractivity contribution in [2.75, 3.05) is 11.9 Å². The van der Waals surface area contributed by atoms with Crippen LogP contribution >= 0.6 is 0 Å². The van der Waals surface area contributed by atoms with Gasteiger partial charge in [-0.1, -0.05) is 18.2 Å². The quantitative estimate of drug-likeness (QED) is 0.431. The molecule has 8 heteroatoms. The van der Waals surface area contributed by atoms with Gasteiger partial charge in [0.25, 0.3) is 5.91 Å². The summed E-state index contributed by atoms with van der Waals surface area (Å²) >= 11 is 0. The molecule has 0 spiro atoms. The van der Waals surface area contributed by atoms with Crippen molar-refractivity contribution in [2.45, 2.75) is 33.8 Å². The molecule has 3 aromatic rings. The topological polar surface area (TPSA) is 64.6 Å². The number of rotatable bonds is 7. The number of esters is 1. The van der Waals surface area contributed by atoms with E-state index < -0.39 is 35.9 Å². The number of benzene rings is 3. The van der Waals surface area contributed by atoms with E-state index in [2.05, 4.69) is 5.32 Å². The van der Waals surface area contributed by atoms with Gasteiger partial charge >= 0.3 is 5.97 Å². The molecule has 0 bridgehead atoms. The fourth-order valence-electron chi connectivity index (χ4n) is 3.31. The molecule has 3 rings (SSSR count). The number of anilines is 1. The van der Waals surface area contributed by atoms with E-state index in [0.717, 1.165) is 6.07 Å². The number of ether oxygens (including phenoxy) is 2. The maximum absolute atomic E-state index is 14.9. The summed E-state index contributed by atoms with van der Waals surface area (Å²) in [5.74, 6) is -3.34. The molecule has 0 saturated carbocycles. The Labute approximate surface area is 195 Å². The Bertz CT molecular complexity index is 1240. The van der Waals surface area contributed by atoms with E-state index in [-0.39, 0.29) is 34.2 Å². The molecule has 0 aliphatic carbocycles. The molecule has 178 valence electrons. The van der Waals surface area contributed by atoms with Gasteiger partial charge in [-0.15, -0.1) is 0 Å². The maximum Gasteiger partial charge on any atom is 0.344 e. The Morgan fingerprint density at radius 3 is 2.35 bits per heavy atom. The minimum atomic E-state index is -0.895. The smallest absolute Gasteiger partial charge is 0.344 e. The van der Waals surface area contributed by atoms with Gasteiger partial charge in [-0.2, -0.15) is 0 Å². The highest BCUT2D eigenvalue weighted by Gasteiger charge is 2.21. The molecular weight excluding hydrogens is 447 g/mol. The number of hydrogen-bond acceptors (Lipinski definition) is 4. The predicted octanol–water partition coefficient (Wildman–Crippen LogP) is 5.97. The highest BCUT2D eigenvalue weighted by molar-refractivity contribution is 6.05. The largest absolute Gasteiger partial charge is 0.482 e. The SMILES string of the molecule is Cc1cc(OCC(=O)OC(C)C)c(C)c(NC(=O)c2cc(-c3cccc(F)c3)ccc2F)c1F. The third kappa shape index (κ3) is 5.75. The minimum absolute atomic E-state index is 0.155. The van der Waals surface area contributed by atoms with Crippen LogP contribution in [0.4, 0.5) is 18.9 Å². The Balaban J connectivity index is 1.89. The van der Waals surface area contributed by atoms with Crippen molar-refractivity contribution >= 4 is 17.6 Å². The van der Waals surface area contributed by atoms with Crippen LogP contribution in [0.2, 0.25) is 0 Å². The van der Waals surface area contributed by atoms with Gasteiger partial charge in [0.15, 0.2) is 6.61 Å². The number of halogens is 3. The first-order chi connectivity index (χ1) is 16.1. The first-order valence-electron chi connectivity index (χ1n) is 10.6. The van der Waals surface area contributed by atoms with Crippen LogP contribution in [0, 0.1) is 31.3 Å². The summed E-state index contributed by atoms with van der Waals surface area (Å²) in [4.78, 5) is 24.7. The van der Waals surface area contributed by atoms with Gasteiger partial charge in [0.2, 0.25) is 0 Å². The lowest BCUT2D eigenvalue weighted by Gasteiger charge is -2.17. The first kappa shape index (κ1) is 24.8. The fraction of sp³-hybridized carbons (Fsp3) is 0.231. The van der Waals surface area contributed by atoms with E-state index in [1.807, 2.05) is 0 Å². The molecule has 0 fully saturated rings. The molecule has 0 aliphatic rings. The summed E-state index contributed by atoms with van der Waals surface area (Å²) in [6.07, 6.45) is -0.319. The number of carbonyl (C=O) groups is 2. The second-order valence-electron chi connectivity index (χ2n) is 7.99. The number of nitrogens with one attached hydrogen (secondary N) is 1. The van der Waals surface area contributed by atoms with Crippen molar-refractivity contribution in [1.82, 2.24) is 0 Å². The zero-order valence-electron chi connectivity index (χ0n) is 19.2. The van der Waals surface area contributed by atoms with E-state index >= 15 is 0 Å². The van der Waals surface area contributed by atoms with Crippen LogP contribution in [0.1, 0.15) is 35.3 Å². The van der Waals surface area contributed by atoms with E-state index in [1.54, 1.807) is 19.9 Å². The molecule has 1 N–H and O–H groups in total. The number of aryl methyl sites for hydroxylation is 1. The first-order valence-corrected chi connectivity index (χ1v) is 10.6. The second-order valence-corrected chi connectivity index (χ2v) is 7.99. The van der Waals surface area contributed by atoms with Gasteiger partial charge in [0.1, 0.15) is 23.2 Å². The lowest BCUT2D eigenvalue weighted by molar-refractivity contribution is -0.149. The fourth-order valence-corrected chi connectivity index (χ4v) is 3.31. The number of hydrogen-bond donors (Lipinski definition) is 1. The van der Waals surface area contributed by atoms with Crippen LogP contribution in [-0.2, 0) is 9.53 Å². The maximum atomic E-state index is 14.9. The summed E-state index contributed by atoms with van der Waals surface area (Å²) in [7, 11) is 0. The number of amides is 1. The van der Waals surface area contributed by atoms with Crippen molar-refractivity contribution < 1.29 is 32.2 Å². The van der Waals surface area contributed by atoms with Gasteiger partial charge in [-0.25, -0.2) is 18.0 Å². The number of carbonyl (C=O) groups excluding carboxylic acids is 2. The summed E-state index contributed by atoms with van der Waals surface area (Å²) in [6.45, 7) is 5.96. The Morgan fingerprint density at radius 2 is 1.68 bits per heavy atom. The Hall–Kier alpha value is -3.81. The van der Waals surface area contributed by atoms with E-state index in [4.69, 9.17) is 9.47 Å². The molecule has 0 heterocycles. The van der Waals surface area contributed by atoms with Crippen LogP contribution in [0.5, 0.6) is 5.75 Å². The molecule has 0 saturated heterocycles. The van der Waals surface area contributed by atoms with Gasteiger partial charge < -0.3 is 14.8 Å². The lowest BCUT2D eigenvalue weighted by Crippen LogP contribution is -2.20. The molecule has 0 radical (unpaired) electrons. The third-order valence-electron chi connectivity index (χ3n) is 4.98. The van der Waals surface area contributed by atoms with Crippen LogP contribution in [0.3, 0.4) is 0 Å². The van der Waals surface area contributed by atoms with Crippen LogP contribution in [0.15, 0.2) is 48.5 Å². The monoisotopic (exact) mass is 471 g/mol. The van der Waals surface area contributed by atoms with Crippen LogP contribution < -0.4 is 10.1 Å². The van der Waals surface area contributed by atoms with Crippen molar-refractivity contribution in [3.8, 4) is 16.9 Å². The van der Waals surface area contributed by atoms with Crippen molar-refractivity contribution in [1.29, 1.82) is 0 Å². The zero-order valence-corrected chi connectivity index (χ0v) is 19.2. The van der Waals surface area contributed by atoms with Crippen LogP contribution in [-0.4, -0.2) is 24.6 Å². The second kappa shape index (κ2) is 10.4. The van der Waals surface area contributed by atoms with Crippen molar-refractivity contribution in [3.05, 3.63) is 82.7 Å². The molecule has 3 aromatic carbocycles. The predicted molar refractivity (Wildman–Crippen MR) is 122 cm³/mol. The molecule has 0 aromatic heterocycles. The van der Waals surface area contributed by atoms with Gasteiger partial charge in [0, 0.05) is 5.56 Å². The average Bonchev–Trinajstić information content (AvgIpc) is 2.78. The lowest BCUT2D eigenvalue weighted by atomic mass is 10.0. The highest BCUT2D eigenvalue weighted by atomic mass is 19.1. The molecule has 34 heavy (non-hydrogen) atoms. The average molecular weight is 471 g/mol. The third-order valence-corrected chi connectivity index (χ3v) is 4.98. The summed E-state index contributed by atoms with van der Waals surface area (Å²) < 4.78 is 53.4.